The van der Waals surface area contributed by atoms with E-state index in [1.165, 1.54) is 0 Å². The van der Waals surface area contributed by atoms with Crippen LogP contribution in [0.1, 0.15) is 62.0 Å². The Balaban J connectivity index is 1.81. The predicted octanol–water partition coefficient (Wildman–Crippen LogP) is 6.68. The van der Waals surface area contributed by atoms with Crippen molar-refractivity contribution < 1.29 is 17.6 Å². The molecule has 160 valence electrons. The smallest absolute Gasteiger partial charge is 0.346 e. The Bertz CT molecular complexity index is 1090. The zero-order valence-corrected chi connectivity index (χ0v) is 17.5. The van der Waals surface area contributed by atoms with Gasteiger partial charge in [0.05, 0.1) is 0 Å². The predicted molar refractivity (Wildman–Crippen MR) is 113 cm³/mol. The molecule has 3 rings (SSSR count). The summed E-state index contributed by atoms with van der Waals surface area (Å²) in [6.45, 7) is 4.02. The van der Waals surface area contributed by atoms with Crippen LogP contribution >= 0.6 is 0 Å². The normalized spacial score (nSPS) is 11.4. The van der Waals surface area contributed by atoms with Gasteiger partial charge in [-0.3, -0.25) is 0 Å². The summed E-state index contributed by atoms with van der Waals surface area (Å²) in [6.07, 6.45) is 5.02. The quantitative estimate of drug-likeness (QED) is 0.364. The van der Waals surface area contributed by atoms with Crippen LogP contribution in [0.4, 0.5) is 13.2 Å². The number of benzene rings is 2. The van der Waals surface area contributed by atoms with Crippen LogP contribution in [0, 0.1) is 17.5 Å². The molecule has 2 aromatic carbocycles. The van der Waals surface area contributed by atoms with Crippen LogP contribution < -0.4 is 5.63 Å². The zero-order valence-electron chi connectivity index (χ0n) is 17.5. The average Bonchev–Trinajstić information content (AvgIpc) is 2.72. The van der Waals surface area contributed by atoms with Crippen molar-refractivity contribution in [2.24, 2.45) is 0 Å². The van der Waals surface area contributed by atoms with Crippen molar-refractivity contribution in [1.82, 2.24) is 0 Å². The van der Waals surface area contributed by atoms with Gasteiger partial charge in [0.2, 0.25) is 0 Å². The number of rotatable bonds is 9. The van der Waals surface area contributed by atoms with Crippen molar-refractivity contribution in [2.75, 3.05) is 0 Å². The molecule has 0 radical (unpaired) electrons. The molecule has 0 aliphatic carbocycles. The molecule has 0 bridgehead atoms. The molecule has 1 heterocycles. The number of halogens is 3. The summed E-state index contributed by atoms with van der Waals surface area (Å²) >= 11 is 0. The number of fused-ring (bicyclic) bond motifs is 1. The van der Waals surface area contributed by atoms with Gasteiger partial charge < -0.3 is 4.42 Å². The average molecular weight is 416 g/mol. The molecular weight excluding hydrogens is 389 g/mol. The lowest BCUT2D eigenvalue weighted by Gasteiger charge is -2.10. The van der Waals surface area contributed by atoms with Crippen LogP contribution in [0.2, 0.25) is 0 Å². The van der Waals surface area contributed by atoms with Gasteiger partial charge in [-0.1, -0.05) is 51.0 Å². The fraction of sp³-hybridized carbons (Fsp3) is 0.400. The third kappa shape index (κ3) is 4.77. The van der Waals surface area contributed by atoms with Crippen LogP contribution in [0.5, 0.6) is 0 Å². The maximum Gasteiger partial charge on any atom is 0.346 e. The van der Waals surface area contributed by atoms with Crippen molar-refractivity contribution in [3.63, 3.8) is 0 Å². The summed E-state index contributed by atoms with van der Waals surface area (Å²) in [6, 6.07) is 8.14. The fourth-order valence-electron chi connectivity index (χ4n) is 3.75. The highest BCUT2D eigenvalue weighted by Gasteiger charge is 2.16. The van der Waals surface area contributed by atoms with Gasteiger partial charge in [0.1, 0.15) is 17.0 Å². The van der Waals surface area contributed by atoms with Crippen LogP contribution in [0.25, 0.3) is 10.8 Å². The second-order valence-corrected chi connectivity index (χ2v) is 7.72. The summed E-state index contributed by atoms with van der Waals surface area (Å²) in [5, 5.41) is 0.398. The second-order valence-electron chi connectivity index (χ2n) is 7.72. The van der Waals surface area contributed by atoms with Crippen molar-refractivity contribution in [1.29, 1.82) is 0 Å². The van der Waals surface area contributed by atoms with E-state index in [1.807, 2.05) is 6.92 Å². The first-order valence-electron chi connectivity index (χ1n) is 10.7. The highest BCUT2D eigenvalue weighted by molar-refractivity contribution is 5.82. The molecule has 30 heavy (non-hydrogen) atoms. The molecule has 0 aliphatic rings. The molecule has 5 heteroatoms. The first kappa shape index (κ1) is 22.1. The standard InChI is InChI=1S/C25H27F3O2/c1-3-5-6-8-16-9-11-18(24(28)23(16)27)12-10-17-13-14-19-15-20(7-4-2)30-25(29)21(19)22(17)26/h9,11,13-15H,3-8,10,12H2,1-2H3. The van der Waals surface area contributed by atoms with Gasteiger partial charge >= 0.3 is 5.63 Å². The van der Waals surface area contributed by atoms with Gasteiger partial charge in [0.25, 0.3) is 0 Å². The molecule has 0 aliphatic heterocycles. The minimum Gasteiger partial charge on any atom is -0.427 e. The molecule has 3 aromatic rings. The number of aryl methyl sites for hydroxylation is 4. The lowest BCUT2D eigenvalue weighted by atomic mass is 9.98. The van der Waals surface area contributed by atoms with Crippen LogP contribution in [-0.2, 0) is 25.7 Å². The first-order valence-corrected chi connectivity index (χ1v) is 10.7. The molecule has 0 atom stereocenters. The minimum absolute atomic E-state index is 0.0923. The van der Waals surface area contributed by atoms with E-state index in [1.54, 1.807) is 30.3 Å². The molecule has 0 amide bonds. The van der Waals surface area contributed by atoms with Gasteiger partial charge in [-0.05, 0) is 60.2 Å². The van der Waals surface area contributed by atoms with E-state index in [0.29, 0.717) is 29.6 Å². The van der Waals surface area contributed by atoms with Gasteiger partial charge in [-0.2, -0.15) is 0 Å². The van der Waals surface area contributed by atoms with Crippen molar-refractivity contribution >= 4 is 10.8 Å². The van der Waals surface area contributed by atoms with Crippen molar-refractivity contribution in [3.8, 4) is 0 Å². The van der Waals surface area contributed by atoms with E-state index >= 15 is 0 Å². The molecule has 0 saturated carbocycles. The number of hydrogen-bond donors (Lipinski definition) is 0. The minimum atomic E-state index is -0.867. The molecule has 0 fully saturated rings. The Kier molecular flexibility index (Phi) is 7.35. The number of hydrogen-bond acceptors (Lipinski definition) is 2. The SMILES string of the molecule is CCCCCc1ccc(CCc2ccc3cc(CCC)oc(=O)c3c2F)c(F)c1F. The van der Waals surface area contributed by atoms with Gasteiger partial charge in [0.15, 0.2) is 11.6 Å². The lowest BCUT2D eigenvalue weighted by Crippen LogP contribution is -2.07. The number of unbranched alkanes of at least 4 members (excludes halogenated alkanes) is 2. The Morgan fingerprint density at radius 1 is 0.733 bits per heavy atom. The summed E-state index contributed by atoms with van der Waals surface area (Å²) in [5.74, 6) is -1.80. The highest BCUT2D eigenvalue weighted by Crippen LogP contribution is 2.23. The van der Waals surface area contributed by atoms with Crippen LogP contribution in [-0.4, -0.2) is 0 Å². The molecule has 0 unspecified atom stereocenters. The molecular formula is C25H27F3O2. The second kappa shape index (κ2) is 9.96. The summed E-state index contributed by atoms with van der Waals surface area (Å²) in [4.78, 5) is 12.2. The fourth-order valence-corrected chi connectivity index (χ4v) is 3.75. The topological polar surface area (TPSA) is 30.2 Å². The Morgan fingerprint density at radius 2 is 1.33 bits per heavy atom. The van der Waals surface area contributed by atoms with Gasteiger partial charge in [-0.25, -0.2) is 18.0 Å². The Hall–Kier alpha value is -2.56. The van der Waals surface area contributed by atoms with Gasteiger partial charge in [-0.15, -0.1) is 0 Å². The lowest BCUT2D eigenvalue weighted by molar-refractivity contribution is 0.461. The first-order chi connectivity index (χ1) is 14.5. The van der Waals surface area contributed by atoms with Crippen molar-refractivity contribution in [3.05, 3.63) is 80.7 Å². The van der Waals surface area contributed by atoms with Crippen LogP contribution in [0.15, 0.2) is 39.5 Å². The molecule has 0 spiro atoms. The molecule has 1 aromatic heterocycles. The summed E-state index contributed by atoms with van der Waals surface area (Å²) in [7, 11) is 0. The van der Waals surface area contributed by atoms with E-state index in [9.17, 15) is 18.0 Å². The third-order valence-corrected chi connectivity index (χ3v) is 5.45. The molecule has 0 N–H and O–H groups in total. The van der Waals surface area contributed by atoms with E-state index in [-0.39, 0.29) is 29.4 Å². The Labute approximate surface area is 174 Å². The zero-order chi connectivity index (χ0) is 21.7. The largest absolute Gasteiger partial charge is 0.427 e. The van der Waals surface area contributed by atoms with E-state index in [2.05, 4.69) is 6.92 Å². The van der Waals surface area contributed by atoms with E-state index < -0.39 is 23.1 Å². The Morgan fingerprint density at radius 3 is 1.97 bits per heavy atom. The van der Waals surface area contributed by atoms with Crippen LogP contribution in [0.3, 0.4) is 0 Å². The monoisotopic (exact) mass is 416 g/mol. The van der Waals surface area contributed by atoms with E-state index in [0.717, 1.165) is 25.7 Å². The van der Waals surface area contributed by atoms with Crippen molar-refractivity contribution in [2.45, 2.75) is 65.2 Å². The third-order valence-electron chi connectivity index (χ3n) is 5.45. The van der Waals surface area contributed by atoms with Gasteiger partial charge in [0, 0.05) is 6.42 Å². The molecule has 0 saturated heterocycles. The maximum absolute atomic E-state index is 14.9. The highest BCUT2D eigenvalue weighted by atomic mass is 19.2. The summed E-state index contributed by atoms with van der Waals surface area (Å²) in [5.41, 5.74) is 0.160. The molecule has 2 nitrogen and oxygen atoms in total. The maximum atomic E-state index is 14.9. The van der Waals surface area contributed by atoms with E-state index in [4.69, 9.17) is 4.42 Å². The summed E-state index contributed by atoms with van der Waals surface area (Å²) < 4.78 is 49.0.